The Balaban J connectivity index is 1.57. The van der Waals surface area contributed by atoms with Gasteiger partial charge in [0.25, 0.3) is 0 Å². The SMILES string of the molecule is CCC1=C2[C@@H](CC/C(C)=C/c3ccc(O)c(F)c3)OB(O)C[C@@H]2[C@@H]2C(=O)N(C)C(=O)[C@@H]2C1. The number of allylic oxidation sites excluding steroid dienone is 2. The molecule has 2 amide bonds. The van der Waals surface area contributed by atoms with Gasteiger partial charge in [0.2, 0.25) is 11.8 Å². The normalized spacial score (nSPS) is 28.3. The monoisotopic (exact) mass is 441 g/mol. The largest absolute Gasteiger partial charge is 0.505 e. The van der Waals surface area contributed by atoms with Gasteiger partial charge in [-0.25, -0.2) is 4.39 Å². The van der Waals surface area contributed by atoms with Crippen molar-refractivity contribution in [3.8, 4) is 5.75 Å². The second-order valence-electron chi connectivity index (χ2n) is 9.15. The number of likely N-dealkylation sites (tertiary alicyclic amines) is 1. The first-order valence-electron chi connectivity index (χ1n) is 11.2. The molecule has 0 radical (unpaired) electrons. The minimum Gasteiger partial charge on any atom is -0.505 e. The smallest absolute Gasteiger partial charge is 0.455 e. The number of hydrogen-bond donors (Lipinski definition) is 2. The number of amides is 2. The number of carbonyl (C=O) groups is 2. The first kappa shape index (κ1) is 22.7. The second-order valence-corrected chi connectivity index (χ2v) is 9.15. The van der Waals surface area contributed by atoms with Gasteiger partial charge < -0.3 is 14.8 Å². The molecule has 0 spiro atoms. The van der Waals surface area contributed by atoms with E-state index in [2.05, 4.69) is 6.92 Å². The van der Waals surface area contributed by atoms with Crippen LogP contribution in [0.3, 0.4) is 0 Å². The third kappa shape index (κ3) is 4.02. The van der Waals surface area contributed by atoms with Crippen molar-refractivity contribution in [3.05, 3.63) is 46.3 Å². The van der Waals surface area contributed by atoms with E-state index in [-0.39, 0.29) is 35.5 Å². The van der Waals surface area contributed by atoms with Gasteiger partial charge in [-0.3, -0.25) is 14.5 Å². The number of phenolic OH excluding ortho intramolecular Hbond substituents is 1. The molecule has 0 unspecified atom stereocenters. The number of halogens is 1. The van der Waals surface area contributed by atoms with Crippen LogP contribution >= 0.6 is 0 Å². The maximum Gasteiger partial charge on any atom is 0.455 e. The molecule has 4 atom stereocenters. The van der Waals surface area contributed by atoms with Crippen LogP contribution in [0.15, 0.2) is 34.9 Å². The van der Waals surface area contributed by atoms with Crippen LogP contribution in [0.1, 0.15) is 45.1 Å². The van der Waals surface area contributed by atoms with Crippen LogP contribution in [0, 0.1) is 23.6 Å². The van der Waals surface area contributed by atoms with Crippen LogP contribution in [-0.4, -0.2) is 47.1 Å². The van der Waals surface area contributed by atoms with E-state index in [1.165, 1.54) is 17.0 Å². The molecule has 6 nitrogen and oxygen atoms in total. The molecule has 1 aromatic rings. The predicted molar refractivity (Wildman–Crippen MR) is 119 cm³/mol. The van der Waals surface area contributed by atoms with Gasteiger partial charge >= 0.3 is 7.12 Å². The zero-order valence-corrected chi connectivity index (χ0v) is 18.7. The number of hydrogen-bond acceptors (Lipinski definition) is 5. The number of imide groups is 1. The lowest BCUT2D eigenvalue weighted by Gasteiger charge is -2.43. The fraction of sp³-hybridized carbons (Fsp3) is 0.500. The fourth-order valence-corrected chi connectivity index (χ4v) is 5.59. The van der Waals surface area contributed by atoms with E-state index in [0.717, 1.165) is 23.1 Å². The van der Waals surface area contributed by atoms with Crippen molar-refractivity contribution in [2.75, 3.05) is 7.05 Å². The van der Waals surface area contributed by atoms with E-state index >= 15 is 0 Å². The Morgan fingerprint density at radius 1 is 1.31 bits per heavy atom. The predicted octanol–water partition coefficient (Wildman–Crippen LogP) is 3.55. The van der Waals surface area contributed by atoms with Gasteiger partial charge in [-0.15, -0.1) is 0 Å². The summed E-state index contributed by atoms with van der Waals surface area (Å²) in [6.45, 7) is 4.00. The van der Waals surface area contributed by atoms with Crippen molar-refractivity contribution in [2.45, 2.75) is 52.0 Å². The van der Waals surface area contributed by atoms with Crippen LogP contribution in [0.5, 0.6) is 5.75 Å². The van der Waals surface area contributed by atoms with Crippen LogP contribution in [-0.2, 0) is 14.2 Å². The third-order valence-electron chi connectivity index (χ3n) is 7.14. The van der Waals surface area contributed by atoms with Gasteiger partial charge in [0.1, 0.15) is 0 Å². The highest BCUT2D eigenvalue weighted by molar-refractivity contribution is 6.43. The molecular formula is C24H29BFNO5. The molecule has 2 N–H and O–H groups in total. The van der Waals surface area contributed by atoms with Gasteiger partial charge in [-0.2, -0.15) is 0 Å². The number of benzene rings is 1. The minimum atomic E-state index is -0.977. The summed E-state index contributed by atoms with van der Waals surface area (Å²) in [7, 11) is 0.567. The summed E-state index contributed by atoms with van der Waals surface area (Å²) in [6, 6.07) is 4.26. The van der Waals surface area contributed by atoms with E-state index in [1.807, 2.05) is 13.0 Å². The molecule has 8 heteroatoms. The first-order valence-corrected chi connectivity index (χ1v) is 11.2. The van der Waals surface area contributed by atoms with Crippen molar-refractivity contribution in [1.29, 1.82) is 0 Å². The molecule has 2 heterocycles. The Kier molecular flexibility index (Phi) is 6.27. The Hall–Kier alpha value is -2.45. The van der Waals surface area contributed by atoms with E-state index in [4.69, 9.17) is 4.65 Å². The third-order valence-corrected chi connectivity index (χ3v) is 7.14. The van der Waals surface area contributed by atoms with Crippen LogP contribution in [0.25, 0.3) is 6.08 Å². The fourth-order valence-electron chi connectivity index (χ4n) is 5.59. The number of rotatable bonds is 5. The standard InChI is InChI=1S/C24H29BFNO5/c1-4-15-11-16-22(24(30)27(3)23(16)29)17-12-25(31)32-20(21(15)17)8-5-13(2)9-14-6-7-19(28)18(26)10-14/h6-7,9-10,16-17,20,22,28,31H,4-5,8,11-12H2,1-3H3/b13-9+/t16-,17+,20-,22-/m1/s1. The maximum absolute atomic E-state index is 13.6. The van der Waals surface area contributed by atoms with Gasteiger partial charge in [0, 0.05) is 7.05 Å². The summed E-state index contributed by atoms with van der Waals surface area (Å²) in [6.07, 6.45) is 4.48. The molecule has 0 saturated carbocycles. The lowest BCUT2D eigenvalue weighted by Crippen LogP contribution is -2.46. The van der Waals surface area contributed by atoms with Gasteiger partial charge in [-0.1, -0.05) is 30.2 Å². The Morgan fingerprint density at radius 2 is 2.06 bits per heavy atom. The molecule has 0 aromatic heterocycles. The number of carbonyl (C=O) groups excluding carboxylic acids is 2. The summed E-state index contributed by atoms with van der Waals surface area (Å²) in [5.74, 6) is -2.27. The average Bonchev–Trinajstić information content (AvgIpc) is 2.97. The lowest BCUT2D eigenvalue weighted by atomic mass is 9.58. The molecule has 4 rings (SSSR count). The quantitative estimate of drug-likeness (QED) is 0.415. The minimum absolute atomic E-state index is 0.123. The van der Waals surface area contributed by atoms with E-state index in [1.54, 1.807) is 13.1 Å². The highest BCUT2D eigenvalue weighted by atomic mass is 19.1. The van der Waals surface area contributed by atoms with E-state index in [9.17, 15) is 24.1 Å². The van der Waals surface area contributed by atoms with Crippen molar-refractivity contribution >= 4 is 25.0 Å². The number of phenols is 1. The molecule has 2 saturated heterocycles. The lowest BCUT2D eigenvalue weighted by molar-refractivity contribution is -0.138. The Morgan fingerprint density at radius 3 is 2.75 bits per heavy atom. The molecule has 3 aliphatic rings. The zero-order chi connectivity index (χ0) is 23.2. The first-order chi connectivity index (χ1) is 15.2. The van der Waals surface area contributed by atoms with Gasteiger partial charge in [0.05, 0.1) is 17.9 Å². The topological polar surface area (TPSA) is 87.1 Å². The molecule has 0 bridgehead atoms. The summed E-state index contributed by atoms with van der Waals surface area (Å²) >= 11 is 0. The Bertz CT molecular complexity index is 1010. The van der Waals surface area contributed by atoms with Gasteiger partial charge in [0.15, 0.2) is 11.6 Å². The number of nitrogens with zero attached hydrogens (tertiary/aromatic N) is 1. The summed E-state index contributed by atoms with van der Waals surface area (Å²) in [4.78, 5) is 26.7. The summed E-state index contributed by atoms with van der Waals surface area (Å²) in [5, 5.41) is 19.8. The summed E-state index contributed by atoms with van der Waals surface area (Å²) in [5.41, 5.74) is 3.91. The van der Waals surface area contributed by atoms with Crippen LogP contribution < -0.4 is 0 Å². The van der Waals surface area contributed by atoms with Crippen molar-refractivity contribution < 1.29 is 28.8 Å². The highest BCUT2D eigenvalue weighted by Crippen LogP contribution is 2.50. The molecule has 170 valence electrons. The van der Waals surface area contributed by atoms with Gasteiger partial charge in [-0.05, 0) is 68.1 Å². The molecule has 32 heavy (non-hydrogen) atoms. The van der Waals surface area contributed by atoms with E-state index < -0.39 is 18.9 Å². The zero-order valence-electron chi connectivity index (χ0n) is 18.7. The van der Waals surface area contributed by atoms with Crippen molar-refractivity contribution in [3.63, 3.8) is 0 Å². The molecule has 2 aliphatic heterocycles. The molecule has 2 fully saturated rings. The van der Waals surface area contributed by atoms with Crippen molar-refractivity contribution in [2.24, 2.45) is 17.8 Å². The average molecular weight is 441 g/mol. The van der Waals surface area contributed by atoms with Crippen LogP contribution in [0.2, 0.25) is 6.32 Å². The molecule has 1 aliphatic carbocycles. The highest BCUT2D eigenvalue weighted by Gasteiger charge is 2.56. The molecule has 1 aromatic carbocycles. The van der Waals surface area contributed by atoms with Crippen LogP contribution in [0.4, 0.5) is 4.39 Å². The van der Waals surface area contributed by atoms with Crippen molar-refractivity contribution in [1.82, 2.24) is 4.90 Å². The molecular weight excluding hydrogens is 412 g/mol. The van der Waals surface area contributed by atoms with E-state index in [0.29, 0.717) is 31.1 Å². The number of aromatic hydroxyl groups is 1. The maximum atomic E-state index is 13.6. The number of fused-ring (bicyclic) bond motifs is 3. The summed E-state index contributed by atoms with van der Waals surface area (Å²) < 4.78 is 19.6. The Labute approximate surface area is 187 Å². The second kappa shape index (κ2) is 8.83.